The van der Waals surface area contributed by atoms with Crippen LogP contribution in [0.3, 0.4) is 0 Å². The van der Waals surface area contributed by atoms with E-state index in [0.29, 0.717) is 31.7 Å². The Morgan fingerprint density at radius 2 is 1.88 bits per heavy atom. The number of benzene rings is 1. The minimum atomic E-state index is -0.103. The van der Waals surface area contributed by atoms with Gasteiger partial charge in [-0.25, -0.2) is 4.68 Å². The van der Waals surface area contributed by atoms with Crippen LogP contribution in [0.5, 0.6) is 0 Å². The van der Waals surface area contributed by atoms with Gasteiger partial charge in [0.15, 0.2) is 5.69 Å². The molecule has 1 aromatic carbocycles. The summed E-state index contributed by atoms with van der Waals surface area (Å²) in [5.74, 6) is 1.71. The molecule has 1 aliphatic heterocycles. The lowest BCUT2D eigenvalue weighted by molar-refractivity contribution is 0.0752. The molecule has 0 N–H and O–H groups in total. The van der Waals surface area contributed by atoms with E-state index in [4.69, 9.17) is 0 Å². The summed E-state index contributed by atoms with van der Waals surface area (Å²) < 4.78 is 3.68. The number of rotatable bonds is 2. The number of hydrogen-bond donors (Lipinski definition) is 0. The Labute approximate surface area is 138 Å². The van der Waals surface area contributed by atoms with Crippen molar-refractivity contribution in [3.63, 3.8) is 0 Å². The smallest absolute Gasteiger partial charge is 0.276 e. The van der Waals surface area contributed by atoms with Gasteiger partial charge in [-0.3, -0.25) is 4.79 Å². The van der Waals surface area contributed by atoms with Gasteiger partial charge in [-0.1, -0.05) is 23.4 Å². The molecule has 0 aliphatic carbocycles. The van der Waals surface area contributed by atoms with Crippen LogP contribution >= 0.6 is 0 Å². The second kappa shape index (κ2) is 5.88. The highest BCUT2D eigenvalue weighted by molar-refractivity contribution is 5.92. The lowest BCUT2D eigenvalue weighted by atomic mass is 10.3. The molecule has 1 aliphatic rings. The van der Waals surface area contributed by atoms with E-state index in [2.05, 4.69) is 25.1 Å². The number of carbonyl (C=O) groups is 1. The van der Waals surface area contributed by atoms with E-state index in [1.54, 1.807) is 15.8 Å². The predicted molar refractivity (Wildman–Crippen MR) is 85.7 cm³/mol. The maximum Gasteiger partial charge on any atom is 0.276 e. The normalized spacial score (nSPS) is 14.3. The first kappa shape index (κ1) is 14.6. The summed E-state index contributed by atoms with van der Waals surface area (Å²) >= 11 is 0. The van der Waals surface area contributed by atoms with Crippen LogP contribution < -0.4 is 0 Å². The fourth-order valence-electron chi connectivity index (χ4n) is 2.90. The van der Waals surface area contributed by atoms with Crippen molar-refractivity contribution in [3.05, 3.63) is 53.9 Å². The number of aryl methyl sites for hydroxylation is 1. The maximum absolute atomic E-state index is 12.7. The molecule has 8 heteroatoms. The predicted octanol–water partition coefficient (Wildman–Crippen LogP) is 0.866. The summed E-state index contributed by atoms with van der Waals surface area (Å²) in [6.07, 6.45) is 2.37. The van der Waals surface area contributed by atoms with Crippen LogP contribution in [0.1, 0.15) is 22.1 Å². The average molecular weight is 323 g/mol. The van der Waals surface area contributed by atoms with Gasteiger partial charge in [-0.15, -0.1) is 15.3 Å². The van der Waals surface area contributed by atoms with E-state index < -0.39 is 0 Å². The van der Waals surface area contributed by atoms with Crippen LogP contribution in [0.4, 0.5) is 0 Å². The van der Waals surface area contributed by atoms with Crippen molar-refractivity contribution >= 4 is 5.91 Å². The fourth-order valence-corrected chi connectivity index (χ4v) is 2.90. The van der Waals surface area contributed by atoms with Gasteiger partial charge < -0.3 is 9.47 Å². The molecule has 0 unspecified atom stereocenters. The van der Waals surface area contributed by atoms with Gasteiger partial charge in [-0.2, -0.15) is 0 Å². The molecule has 3 heterocycles. The second-order valence-electron chi connectivity index (χ2n) is 5.74. The van der Waals surface area contributed by atoms with Gasteiger partial charge in [0.05, 0.1) is 11.9 Å². The topological polar surface area (TPSA) is 81.7 Å². The van der Waals surface area contributed by atoms with Crippen molar-refractivity contribution in [2.24, 2.45) is 0 Å². The standard InChI is InChI=1S/C16H17N7O/c1-12-17-19-15-7-8-21(9-10-22(12)15)16(24)14-11-23(20-18-14)13-5-3-2-4-6-13/h2-6,11H,7-10H2,1H3. The highest BCUT2D eigenvalue weighted by Gasteiger charge is 2.23. The number of hydrogen-bond acceptors (Lipinski definition) is 5. The van der Waals surface area contributed by atoms with Crippen molar-refractivity contribution in [3.8, 4) is 5.69 Å². The van der Waals surface area contributed by atoms with Crippen LogP contribution in [0, 0.1) is 6.92 Å². The monoisotopic (exact) mass is 323 g/mol. The minimum Gasteiger partial charge on any atom is -0.335 e. The third-order valence-electron chi connectivity index (χ3n) is 4.23. The van der Waals surface area contributed by atoms with E-state index in [9.17, 15) is 4.79 Å². The molecular weight excluding hydrogens is 306 g/mol. The highest BCUT2D eigenvalue weighted by atomic mass is 16.2. The molecule has 8 nitrogen and oxygen atoms in total. The van der Waals surface area contributed by atoms with Gasteiger partial charge in [0.2, 0.25) is 0 Å². The van der Waals surface area contributed by atoms with Crippen LogP contribution in [-0.2, 0) is 13.0 Å². The number of aromatic nitrogens is 6. The Morgan fingerprint density at radius 1 is 1.04 bits per heavy atom. The molecule has 0 atom stereocenters. The van der Waals surface area contributed by atoms with Crippen molar-refractivity contribution in [1.82, 2.24) is 34.7 Å². The zero-order chi connectivity index (χ0) is 16.5. The Bertz CT molecular complexity index is 868. The average Bonchev–Trinajstić information content (AvgIpc) is 3.17. The van der Waals surface area contributed by atoms with E-state index in [1.807, 2.05) is 37.3 Å². The molecule has 24 heavy (non-hydrogen) atoms. The third-order valence-corrected chi connectivity index (χ3v) is 4.23. The van der Waals surface area contributed by atoms with Crippen LogP contribution in [0.2, 0.25) is 0 Å². The first-order valence-corrected chi connectivity index (χ1v) is 7.88. The Morgan fingerprint density at radius 3 is 2.71 bits per heavy atom. The Balaban J connectivity index is 1.52. The summed E-state index contributed by atoms with van der Waals surface area (Å²) in [6.45, 7) is 3.85. The molecule has 4 rings (SSSR count). The summed E-state index contributed by atoms with van der Waals surface area (Å²) in [6, 6.07) is 9.62. The molecule has 0 bridgehead atoms. The number of para-hydroxylation sites is 1. The summed E-state index contributed by atoms with van der Waals surface area (Å²) in [4.78, 5) is 14.5. The highest BCUT2D eigenvalue weighted by Crippen LogP contribution is 2.12. The van der Waals surface area contributed by atoms with Crippen molar-refractivity contribution in [1.29, 1.82) is 0 Å². The molecule has 1 amide bonds. The van der Waals surface area contributed by atoms with Gasteiger partial charge in [0.25, 0.3) is 5.91 Å². The molecule has 0 saturated carbocycles. The molecule has 3 aromatic rings. The van der Waals surface area contributed by atoms with Gasteiger partial charge >= 0.3 is 0 Å². The van der Waals surface area contributed by atoms with E-state index in [0.717, 1.165) is 17.3 Å². The number of nitrogens with zero attached hydrogens (tertiary/aromatic N) is 7. The van der Waals surface area contributed by atoms with Gasteiger partial charge in [0, 0.05) is 26.1 Å². The zero-order valence-electron chi connectivity index (χ0n) is 13.3. The maximum atomic E-state index is 12.7. The lowest BCUT2D eigenvalue weighted by Crippen LogP contribution is -2.34. The number of fused-ring (bicyclic) bond motifs is 1. The Kier molecular flexibility index (Phi) is 3.56. The van der Waals surface area contributed by atoms with Crippen molar-refractivity contribution in [2.75, 3.05) is 13.1 Å². The Hall–Kier alpha value is -3.03. The first-order valence-electron chi connectivity index (χ1n) is 7.88. The third kappa shape index (κ3) is 2.55. The lowest BCUT2D eigenvalue weighted by Gasteiger charge is -2.18. The SMILES string of the molecule is Cc1nnc2n1CCN(C(=O)c1cn(-c3ccccc3)nn1)CC2. The zero-order valence-corrected chi connectivity index (χ0v) is 13.3. The molecule has 0 spiro atoms. The van der Waals surface area contributed by atoms with Crippen LogP contribution in [0.25, 0.3) is 5.69 Å². The fraction of sp³-hybridized carbons (Fsp3) is 0.312. The van der Waals surface area contributed by atoms with E-state index in [1.165, 1.54) is 0 Å². The summed E-state index contributed by atoms with van der Waals surface area (Å²) in [5, 5.41) is 16.4. The molecule has 0 saturated heterocycles. The van der Waals surface area contributed by atoms with E-state index >= 15 is 0 Å². The molecule has 2 aromatic heterocycles. The molecule has 0 radical (unpaired) electrons. The molecule has 0 fully saturated rings. The van der Waals surface area contributed by atoms with Crippen molar-refractivity contribution < 1.29 is 4.79 Å². The summed E-state index contributed by atoms with van der Waals surface area (Å²) in [5.41, 5.74) is 1.23. The summed E-state index contributed by atoms with van der Waals surface area (Å²) in [7, 11) is 0. The minimum absolute atomic E-state index is 0.103. The quantitative estimate of drug-likeness (QED) is 0.699. The second-order valence-corrected chi connectivity index (χ2v) is 5.74. The van der Waals surface area contributed by atoms with Gasteiger partial charge in [0.1, 0.15) is 11.6 Å². The largest absolute Gasteiger partial charge is 0.335 e. The van der Waals surface area contributed by atoms with Crippen molar-refractivity contribution in [2.45, 2.75) is 19.9 Å². The molecular formula is C16H17N7O. The van der Waals surface area contributed by atoms with Gasteiger partial charge in [-0.05, 0) is 19.1 Å². The number of carbonyl (C=O) groups excluding carboxylic acids is 1. The van der Waals surface area contributed by atoms with E-state index in [-0.39, 0.29) is 5.91 Å². The first-order chi connectivity index (χ1) is 11.7. The number of amides is 1. The van der Waals surface area contributed by atoms with Crippen LogP contribution in [0.15, 0.2) is 36.5 Å². The molecule has 122 valence electrons. The van der Waals surface area contributed by atoms with Crippen LogP contribution in [-0.4, -0.2) is 53.7 Å².